The number of anilines is 2. The van der Waals surface area contributed by atoms with Crippen LogP contribution in [0.2, 0.25) is 10.0 Å². The molecule has 31 heavy (non-hydrogen) atoms. The van der Waals surface area contributed by atoms with Gasteiger partial charge < -0.3 is 4.90 Å². The molecule has 0 aliphatic rings. The van der Waals surface area contributed by atoms with E-state index in [0.29, 0.717) is 0 Å². The van der Waals surface area contributed by atoms with Crippen molar-refractivity contribution in [3.8, 4) is 0 Å². The van der Waals surface area contributed by atoms with Gasteiger partial charge in [0.2, 0.25) is 0 Å². The number of aryl methyl sites for hydroxylation is 2. The summed E-state index contributed by atoms with van der Waals surface area (Å²) in [7, 11) is 1.77. The van der Waals surface area contributed by atoms with Gasteiger partial charge in [-0.1, -0.05) is 59.6 Å². The Morgan fingerprint density at radius 1 is 0.903 bits per heavy atom. The molecule has 3 aromatic rings. The lowest BCUT2D eigenvalue weighted by Gasteiger charge is -2.23. The fraction of sp³-hybridized carbons (Fsp3) is 0.148. The van der Waals surface area contributed by atoms with E-state index in [4.69, 9.17) is 23.2 Å². The summed E-state index contributed by atoms with van der Waals surface area (Å²) >= 11 is 11.6. The zero-order valence-electron chi connectivity index (χ0n) is 18.4. The number of allylic oxidation sites excluding steroid dienone is 2. The Bertz CT molecular complexity index is 1030. The summed E-state index contributed by atoms with van der Waals surface area (Å²) in [6, 6.07) is 21.9. The van der Waals surface area contributed by atoms with Gasteiger partial charge in [0, 0.05) is 40.9 Å². The summed E-state index contributed by atoms with van der Waals surface area (Å²) in [5, 5.41) is 1.52. The molecule has 0 N–H and O–H groups in total. The summed E-state index contributed by atoms with van der Waals surface area (Å²) in [6.07, 6.45) is 5.64. The average Bonchev–Trinajstić information content (AvgIpc) is 2.77. The predicted molar refractivity (Wildman–Crippen MR) is 139 cm³/mol. The van der Waals surface area contributed by atoms with Gasteiger partial charge in [0.25, 0.3) is 0 Å². The van der Waals surface area contributed by atoms with E-state index in [1.54, 1.807) is 13.3 Å². The standard InChI is InChI=1S/C20H21ClN2.C7H7Cl/c1-5-23(19-10-8-18(21)9-11-19)20-14-17(7-6-16(20)3)15(2)12-13-22-4;1-6-2-4-7(8)5-3-6/h5-14H,1H2,2-4H3;2-5H,1H3/b15-12+,22-13?;. The summed E-state index contributed by atoms with van der Waals surface area (Å²) in [4.78, 5) is 6.07. The molecule has 0 aliphatic carbocycles. The van der Waals surface area contributed by atoms with Crippen LogP contribution in [0.5, 0.6) is 0 Å². The van der Waals surface area contributed by atoms with E-state index in [2.05, 4.69) is 48.5 Å². The molecule has 0 fully saturated rings. The smallest absolute Gasteiger partial charge is 0.0490 e. The third kappa shape index (κ3) is 7.43. The molecule has 0 aromatic heterocycles. The molecule has 4 heteroatoms. The molecule has 0 spiro atoms. The maximum Gasteiger partial charge on any atom is 0.0490 e. The third-order valence-electron chi connectivity index (χ3n) is 4.70. The summed E-state index contributed by atoms with van der Waals surface area (Å²) in [6.45, 7) is 10.2. The lowest BCUT2D eigenvalue weighted by atomic mass is 10.0. The lowest BCUT2D eigenvalue weighted by Crippen LogP contribution is -2.09. The number of halogens is 2. The highest BCUT2D eigenvalue weighted by Gasteiger charge is 2.10. The molecule has 0 radical (unpaired) electrons. The zero-order chi connectivity index (χ0) is 22.8. The Labute approximate surface area is 196 Å². The first kappa shape index (κ1) is 24.5. The van der Waals surface area contributed by atoms with Crippen molar-refractivity contribution in [1.29, 1.82) is 0 Å². The predicted octanol–water partition coefficient (Wildman–Crippen LogP) is 8.68. The molecule has 2 nitrogen and oxygen atoms in total. The molecule has 0 saturated heterocycles. The highest BCUT2D eigenvalue weighted by Crippen LogP contribution is 2.32. The normalized spacial score (nSPS) is 11.1. The van der Waals surface area contributed by atoms with Gasteiger partial charge >= 0.3 is 0 Å². The summed E-state index contributed by atoms with van der Waals surface area (Å²) in [5.74, 6) is 0. The van der Waals surface area contributed by atoms with Crippen molar-refractivity contribution in [1.82, 2.24) is 0 Å². The number of nitrogens with zero attached hydrogens (tertiary/aromatic N) is 2. The minimum atomic E-state index is 0.723. The highest BCUT2D eigenvalue weighted by atomic mass is 35.5. The SMILES string of the molecule is C=CN(c1ccc(Cl)cc1)c1cc(/C(C)=C/C=NC)ccc1C.Cc1ccc(Cl)cc1. The fourth-order valence-corrected chi connectivity index (χ4v) is 3.13. The van der Waals surface area contributed by atoms with E-state index in [1.807, 2.05) is 67.7 Å². The Balaban J connectivity index is 0.000000357. The van der Waals surface area contributed by atoms with Crippen molar-refractivity contribution < 1.29 is 0 Å². The van der Waals surface area contributed by atoms with Crippen molar-refractivity contribution in [2.45, 2.75) is 20.8 Å². The molecule has 0 amide bonds. The van der Waals surface area contributed by atoms with Crippen LogP contribution in [0.3, 0.4) is 0 Å². The first-order chi connectivity index (χ1) is 14.8. The number of hydrogen-bond donors (Lipinski definition) is 0. The van der Waals surface area contributed by atoms with Gasteiger partial charge in [-0.05, 0) is 86.0 Å². The van der Waals surface area contributed by atoms with Crippen molar-refractivity contribution >= 4 is 46.4 Å². The monoisotopic (exact) mass is 450 g/mol. The Kier molecular flexibility index (Phi) is 9.58. The maximum absolute atomic E-state index is 5.99. The number of aliphatic imine (C=N–C) groups is 1. The molecule has 0 saturated carbocycles. The van der Waals surface area contributed by atoms with Crippen LogP contribution in [0.4, 0.5) is 11.4 Å². The van der Waals surface area contributed by atoms with Crippen molar-refractivity contribution in [3.63, 3.8) is 0 Å². The summed E-state index contributed by atoms with van der Waals surface area (Å²) in [5.41, 5.74) is 6.88. The van der Waals surface area contributed by atoms with Crippen molar-refractivity contribution in [3.05, 3.63) is 112 Å². The minimum Gasteiger partial charge on any atom is -0.317 e. The Morgan fingerprint density at radius 3 is 2.00 bits per heavy atom. The molecule has 3 rings (SSSR count). The molecule has 0 heterocycles. The van der Waals surface area contributed by atoms with E-state index in [0.717, 1.165) is 32.6 Å². The van der Waals surface area contributed by atoms with E-state index >= 15 is 0 Å². The van der Waals surface area contributed by atoms with Crippen LogP contribution in [-0.4, -0.2) is 13.3 Å². The van der Waals surface area contributed by atoms with E-state index in [9.17, 15) is 0 Å². The van der Waals surface area contributed by atoms with Crippen LogP contribution in [-0.2, 0) is 0 Å². The van der Waals surface area contributed by atoms with E-state index in [1.165, 1.54) is 11.1 Å². The lowest BCUT2D eigenvalue weighted by molar-refractivity contribution is 1.25. The molecule has 0 aliphatic heterocycles. The van der Waals surface area contributed by atoms with Gasteiger partial charge in [0.15, 0.2) is 0 Å². The van der Waals surface area contributed by atoms with Gasteiger partial charge in [-0.25, -0.2) is 0 Å². The third-order valence-corrected chi connectivity index (χ3v) is 5.20. The first-order valence-corrected chi connectivity index (χ1v) is 10.7. The minimum absolute atomic E-state index is 0.723. The maximum atomic E-state index is 5.99. The fourth-order valence-electron chi connectivity index (χ4n) is 2.87. The zero-order valence-corrected chi connectivity index (χ0v) is 20.0. The topological polar surface area (TPSA) is 15.6 Å². The number of hydrogen-bond acceptors (Lipinski definition) is 2. The van der Waals surface area contributed by atoms with Crippen LogP contribution in [0.15, 0.2) is 90.6 Å². The van der Waals surface area contributed by atoms with Gasteiger partial charge in [0.05, 0.1) is 0 Å². The van der Waals surface area contributed by atoms with Gasteiger partial charge in [-0.3, -0.25) is 4.99 Å². The molecular weight excluding hydrogens is 423 g/mol. The second-order valence-corrected chi connectivity index (χ2v) is 7.96. The number of rotatable bonds is 5. The van der Waals surface area contributed by atoms with Crippen molar-refractivity contribution in [2.24, 2.45) is 4.99 Å². The highest BCUT2D eigenvalue weighted by molar-refractivity contribution is 6.30. The first-order valence-electron chi connectivity index (χ1n) is 9.95. The summed E-state index contributed by atoms with van der Waals surface area (Å²) < 4.78 is 0. The van der Waals surface area contributed by atoms with Crippen molar-refractivity contribution in [2.75, 3.05) is 11.9 Å². The largest absolute Gasteiger partial charge is 0.317 e. The molecule has 3 aromatic carbocycles. The van der Waals surface area contributed by atoms with E-state index < -0.39 is 0 Å². The van der Waals surface area contributed by atoms with Gasteiger partial charge in [-0.2, -0.15) is 0 Å². The molecule has 0 unspecified atom stereocenters. The van der Waals surface area contributed by atoms with Gasteiger partial charge in [0.1, 0.15) is 0 Å². The number of benzene rings is 3. The Morgan fingerprint density at radius 2 is 1.48 bits per heavy atom. The molecule has 160 valence electrons. The van der Waals surface area contributed by atoms with Crippen LogP contribution < -0.4 is 4.90 Å². The molecule has 0 atom stereocenters. The quantitative estimate of drug-likeness (QED) is 0.354. The van der Waals surface area contributed by atoms with Gasteiger partial charge in [-0.15, -0.1) is 0 Å². The molecular formula is C27H28Cl2N2. The van der Waals surface area contributed by atoms with Crippen LogP contribution >= 0.6 is 23.2 Å². The van der Waals surface area contributed by atoms with Crippen LogP contribution in [0.25, 0.3) is 5.57 Å². The second kappa shape index (κ2) is 12.1. The molecule has 0 bridgehead atoms. The van der Waals surface area contributed by atoms with Crippen LogP contribution in [0.1, 0.15) is 23.6 Å². The van der Waals surface area contributed by atoms with Crippen LogP contribution in [0, 0.1) is 13.8 Å². The Hall–Kier alpha value is -2.81. The second-order valence-electron chi connectivity index (χ2n) is 7.08. The average molecular weight is 451 g/mol. The van der Waals surface area contributed by atoms with E-state index in [-0.39, 0.29) is 0 Å².